The molecule has 0 bridgehead atoms. The van der Waals surface area contributed by atoms with E-state index in [9.17, 15) is 34.4 Å². The van der Waals surface area contributed by atoms with Crippen molar-refractivity contribution in [1.82, 2.24) is 9.55 Å². The van der Waals surface area contributed by atoms with Crippen molar-refractivity contribution < 1.29 is 34.0 Å². The van der Waals surface area contributed by atoms with Gasteiger partial charge in [-0.05, 0) is 26.7 Å². The van der Waals surface area contributed by atoms with Crippen LogP contribution >= 0.6 is 7.60 Å². The van der Waals surface area contributed by atoms with Crippen LogP contribution in [0, 0.1) is 5.92 Å². The molecule has 7 atom stereocenters. The Hall–Kier alpha value is -1.33. The second kappa shape index (κ2) is 10.1. The molecule has 12 heteroatoms. The first kappa shape index (κ1) is 27.7. The number of H-pyrrole nitrogens is 1. The summed E-state index contributed by atoms with van der Waals surface area (Å²) >= 11 is 0. The quantitative estimate of drug-likeness (QED) is 0.293. The number of hydrogen-bond acceptors (Lipinski definition) is 8. The third-order valence-electron chi connectivity index (χ3n) is 6.14. The summed E-state index contributed by atoms with van der Waals surface area (Å²) in [5.41, 5.74) is -2.93. The molecule has 31 heavy (non-hydrogen) atoms. The SMILES string of the molecule is CCC(C)(OP(=O)(O)C(C)(O)CC)C(C)C(O)C(O)C(OC)c1cn(C)c(=O)[nH]c1=O. The van der Waals surface area contributed by atoms with Crippen molar-refractivity contribution in [3.63, 3.8) is 0 Å². The number of aromatic nitrogens is 2. The van der Waals surface area contributed by atoms with E-state index in [2.05, 4.69) is 4.98 Å². The summed E-state index contributed by atoms with van der Waals surface area (Å²) < 4.78 is 24.5. The maximum Gasteiger partial charge on any atom is 0.359 e. The molecule has 5 N–H and O–H groups in total. The number of aromatic amines is 1. The second-order valence-corrected chi connectivity index (χ2v) is 10.4. The third kappa shape index (κ3) is 5.73. The lowest BCUT2D eigenvalue weighted by Crippen LogP contribution is -2.49. The number of aryl methyl sites for hydroxylation is 1. The summed E-state index contributed by atoms with van der Waals surface area (Å²) in [6.45, 7) is 7.39. The Labute approximate surface area is 181 Å². The van der Waals surface area contributed by atoms with E-state index in [1.165, 1.54) is 48.0 Å². The van der Waals surface area contributed by atoms with Gasteiger partial charge in [0, 0.05) is 26.3 Å². The van der Waals surface area contributed by atoms with E-state index in [0.717, 1.165) is 4.57 Å². The van der Waals surface area contributed by atoms with E-state index in [1.54, 1.807) is 6.92 Å². The summed E-state index contributed by atoms with van der Waals surface area (Å²) in [5, 5.41) is 29.9. The Balaban J connectivity index is 3.27. The standard InChI is InChI=1S/C19H35N2O9P/c1-8-18(4,30-31(27,28)19(5,26)9-2)11(3)13(22)14(23)15(29-7)12-10-21(6)17(25)20-16(12)24/h10-11,13-15,22-23,26H,8-9H2,1-7H3,(H,27,28)(H,20,24,25). The smallest absolute Gasteiger partial charge is 0.359 e. The largest absolute Gasteiger partial charge is 0.390 e. The van der Waals surface area contributed by atoms with Gasteiger partial charge in [0.05, 0.1) is 17.3 Å². The van der Waals surface area contributed by atoms with E-state index in [0.29, 0.717) is 0 Å². The van der Waals surface area contributed by atoms with Crippen LogP contribution in [0.15, 0.2) is 15.8 Å². The maximum absolute atomic E-state index is 12.7. The summed E-state index contributed by atoms with van der Waals surface area (Å²) in [6.07, 6.45) is -3.17. The Kier molecular flexibility index (Phi) is 9.01. The number of aliphatic hydroxyl groups is 3. The topological polar surface area (TPSA) is 171 Å². The number of nitrogens with zero attached hydrogens (tertiary/aromatic N) is 1. The molecule has 0 aliphatic heterocycles. The number of hydrogen-bond donors (Lipinski definition) is 5. The predicted molar refractivity (Wildman–Crippen MR) is 114 cm³/mol. The molecule has 11 nitrogen and oxygen atoms in total. The molecule has 0 saturated heterocycles. The molecule has 1 heterocycles. The molecule has 1 aromatic heterocycles. The molecule has 0 amide bonds. The van der Waals surface area contributed by atoms with Gasteiger partial charge in [0.2, 0.25) is 0 Å². The predicted octanol–water partition coefficient (Wildman–Crippen LogP) is 0.608. The van der Waals surface area contributed by atoms with Crippen LogP contribution < -0.4 is 11.2 Å². The fraction of sp³-hybridized carbons (Fsp3) is 0.789. The highest BCUT2D eigenvalue weighted by Crippen LogP contribution is 2.59. The van der Waals surface area contributed by atoms with E-state index in [4.69, 9.17) is 9.26 Å². The van der Waals surface area contributed by atoms with Gasteiger partial charge in [-0.15, -0.1) is 0 Å². The normalized spacial score (nSPS) is 21.9. The zero-order valence-corrected chi connectivity index (χ0v) is 19.9. The van der Waals surface area contributed by atoms with E-state index >= 15 is 0 Å². The minimum atomic E-state index is -4.53. The van der Waals surface area contributed by atoms with Crippen molar-refractivity contribution in [2.45, 2.75) is 76.7 Å². The van der Waals surface area contributed by atoms with Gasteiger partial charge in [-0.25, -0.2) is 4.79 Å². The average Bonchev–Trinajstić information content (AvgIpc) is 2.70. The first-order valence-electron chi connectivity index (χ1n) is 10.0. The Morgan fingerprint density at radius 1 is 1.19 bits per heavy atom. The van der Waals surface area contributed by atoms with Crippen LogP contribution in [-0.2, 0) is 20.9 Å². The lowest BCUT2D eigenvalue weighted by Gasteiger charge is -2.42. The molecule has 0 fully saturated rings. The van der Waals surface area contributed by atoms with E-state index < -0.39 is 54.0 Å². The van der Waals surface area contributed by atoms with Gasteiger partial charge in [0.1, 0.15) is 12.2 Å². The summed E-state index contributed by atoms with van der Waals surface area (Å²) in [6, 6.07) is 0. The number of ether oxygens (including phenoxy) is 1. The molecule has 0 saturated carbocycles. The van der Waals surface area contributed by atoms with Crippen LogP contribution in [0.3, 0.4) is 0 Å². The number of aliphatic hydroxyl groups excluding tert-OH is 2. The number of nitrogens with one attached hydrogen (secondary N) is 1. The monoisotopic (exact) mass is 466 g/mol. The summed E-state index contributed by atoms with van der Waals surface area (Å²) in [4.78, 5) is 36.2. The fourth-order valence-electron chi connectivity index (χ4n) is 3.12. The van der Waals surface area contributed by atoms with Crippen molar-refractivity contribution in [2.24, 2.45) is 13.0 Å². The van der Waals surface area contributed by atoms with Gasteiger partial charge in [-0.2, -0.15) is 0 Å². The maximum atomic E-state index is 12.7. The van der Waals surface area contributed by atoms with Crippen LogP contribution in [-0.4, -0.2) is 60.0 Å². The summed E-state index contributed by atoms with van der Waals surface area (Å²) in [7, 11) is -1.90. The molecule has 7 unspecified atom stereocenters. The van der Waals surface area contributed by atoms with Crippen molar-refractivity contribution in [3.8, 4) is 0 Å². The molecular formula is C19H35N2O9P. The van der Waals surface area contributed by atoms with Gasteiger partial charge < -0.3 is 29.5 Å². The van der Waals surface area contributed by atoms with Crippen molar-refractivity contribution in [3.05, 3.63) is 32.6 Å². The minimum absolute atomic E-state index is 0.0403. The van der Waals surface area contributed by atoms with Crippen LogP contribution in [0.25, 0.3) is 0 Å². The van der Waals surface area contributed by atoms with Gasteiger partial charge in [0.15, 0.2) is 5.34 Å². The van der Waals surface area contributed by atoms with Crippen molar-refractivity contribution >= 4 is 7.60 Å². The number of methoxy groups -OCH3 is 1. The average molecular weight is 466 g/mol. The molecule has 0 aromatic carbocycles. The van der Waals surface area contributed by atoms with Crippen LogP contribution in [0.1, 0.15) is 59.1 Å². The zero-order valence-electron chi connectivity index (χ0n) is 19.0. The second-order valence-electron chi connectivity index (χ2n) is 8.23. The third-order valence-corrected chi connectivity index (χ3v) is 8.34. The van der Waals surface area contributed by atoms with Gasteiger partial charge in [-0.3, -0.25) is 18.9 Å². The molecule has 0 radical (unpaired) electrons. The Morgan fingerprint density at radius 2 is 1.74 bits per heavy atom. The van der Waals surface area contributed by atoms with E-state index in [-0.39, 0.29) is 18.4 Å². The first-order valence-corrected chi connectivity index (χ1v) is 11.6. The molecular weight excluding hydrogens is 431 g/mol. The minimum Gasteiger partial charge on any atom is -0.390 e. The highest BCUT2D eigenvalue weighted by molar-refractivity contribution is 7.54. The van der Waals surface area contributed by atoms with Crippen molar-refractivity contribution in [2.75, 3.05) is 7.11 Å². The lowest BCUT2D eigenvalue weighted by molar-refractivity contribution is -0.130. The van der Waals surface area contributed by atoms with Gasteiger partial charge in [-0.1, -0.05) is 20.8 Å². The number of rotatable bonds is 11. The van der Waals surface area contributed by atoms with E-state index in [1.807, 2.05) is 0 Å². The van der Waals surface area contributed by atoms with Gasteiger partial charge >= 0.3 is 13.3 Å². The molecule has 0 aliphatic carbocycles. The molecule has 0 spiro atoms. The van der Waals surface area contributed by atoms with Crippen LogP contribution in [0.2, 0.25) is 0 Å². The Bertz CT molecular complexity index is 912. The van der Waals surface area contributed by atoms with Crippen molar-refractivity contribution in [1.29, 1.82) is 0 Å². The van der Waals surface area contributed by atoms with Gasteiger partial charge in [0.25, 0.3) is 5.56 Å². The molecule has 180 valence electrons. The summed E-state index contributed by atoms with van der Waals surface area (Å²) in [5.74, 6) is -0.926. The molecule has 0 aliphatic rings. The highest BCUT2D eigenvalue weighted by Gasteiger charge is 2.50. The lowest BCUT2D eigenvalue weighted by atomic mass is 9.80. The molecule has 1 rings (SSSR count). The molecule has 1 aromatic rings. The highest BCUT2D eigenvalue weighted by atomic mass is 31.2. The van der Waals surface area contributed by atoms with Crippen LogP contribution in [0.4, 0.5) is 0 Å². The first-order chi connectivity index (χ1) is 14.1. The van der Waals surface area contributed by atoms with Crippen LogP contribution in [0.5, 0.6) is 0 Å². The Morgan fingerprint density at radius 3 is 2.19 bits per heavy atom. The zero-order chi connectivity index (χ0) is 24.4. The fourth-order valence-corrected chi connectivity index (χ4v) is 4.58.